The Morgan fingerprint density at radius 1 is 1.19 bits per heavy atom. The van der Waals surface area contributed by atoms with E-state index < -0.39 is 10.1 Å². The summed E-state index contributed by atoms with van der Waals surface area (Å²) in [5.74, 6) is 0. The van der Waals surface area contributed by atoms with Gasteiger partial charge in [-0.2, -0.15) is 8.42 Å². The number of benzene rings is 1. The average Bonchev–Trinajstić information content (AvgIpc) is 2.43. The van der Waals surface area contributed by atoms with Gasteiger partial charge in [0.05, 0.1) is 17.4 Å². The smallest absolute Gasteiger partial charge is 0.294 e. The van der Waals surface area contributed by atoms with Crippen molar-refractivity contribution in [3.05, 3.63) is 30.3 Å². The molecule has 0 heterocycles. The van der Waals surface area contributed by atoms with Gasteiger partial charge in [-0.3, -0.25) is 4.55 Å². The van der Waals surface area contributed by atoms with Crippen molar-refractivity contribution >= 4 is 16.1 Å². The Hall–Kier alpha value is -1.53. The fourth-order valence-corrected chi connectivity index (χ4v) is 1.73. The lowest BCUT2D eigenvalue weighted by atomic mass is 10.4. The molecule has 0 radical (unpaired) electrons. The van der Waals surface area contributed by atoms with Crippen molar-refractivity contribution in [2.24, 2.45) is 9.98 Å². The molecule has 1 aromatic carbocycles. The molecular formula is C14H23N3O3S. The first-order valence-corrected chi connectivity index (χ1v) is 8.07. The molecule has 7 heteroatoms. The van der Waals surface area contributed by atoms with E-state index in [2.05, 4.69) is 35.0 Å². The molecule has 6 nitrogen and oxygen atoms in total. The van der Waals surface area contributed by atoms with E-state index in [1.54, 1.807) is 18.2 Å². The molecule has 0 aliphatic carbocycles. The Labute approximate surface area is 127 Å². The van der Waals surface area contributed by atoms with E-state index in [9.17, 15) is 8.42 Å². The third kappa shape index (κ3) is 12.0. The summed E-state index contributed by atoms with van der Waals surface area (Å²) in [4.78, 5) is 9.92. The minimum absolute atomic E-state index is 0.0741. The van der Waals surface area contributed by atoms with Crippen LogP contribution in [0, 0.1) is 0 Å². The molecule has 0 saturated heterocycles. The van der Waals surface area contributed by atoms with Crippen LogP contribution in [0.25, 0.3) is 0 Å². The maximum Gasteiger partial charge on any atom is 0.294 e. The van der Waals surface area contributed by atoms with Gasteiger partial charge in [0.2, 0.25) is 0 Å². The van der Waals surface area contributed by atoms with Crippen molar-refractivity contribution < 1.29 is 13.0 Å². The number of rotatable bonds is 6. The highest BCUT2D eigenvalue weighted by Crippen LogP contribution is 2.05. The Balaban J connectivity index is 0.000000382. The van der Waals surface area contributed by atoms with Crippen molar-refractivity contribution in [3.63, 3.8) is 0 Å². The van der Waals surface area contributed by atoms with E-state index in [1.165, 1.54) is 12.1 Å². The summed E-state index contributed by atoms with van der Waals surface area (Å²) in [7, 11) is 0.116. The topological polar surface area (TPSA) is 82.3 Å². The predicted octanol–water partition coefficient (Wildman–Crippen LogP) is 2.07. The van der Waals surface area contributed by atoms with Gasteiger partial charge < -0.3 is 4.90 Å². The zero-order chi connectivity index (χ0) is 16.1. The normalized spacial score (nSPS) is 10.3. The zero-order valence-electron chi connectivity index (χ0n) is 12.7. The quantitative estimate of drug-likeness (QED) is 0.495. The Bertz CT molecular complexity index is 536. The van der Waals surface area contributed by atoms with E-state index in [1.807, 2.05) is 6.92 Å². The SMILES string of the molecule is CCN=C=NCCCN(C)C.O=S(=O)(O)c1ccccc1. The van der Waals surface area contributed by atoms with Gasteiger partial charge in [-0.05, 0) is 46.1 Å². The van der Waals surface area contributed by atoms with Crippen LogP contribution in [0.4, 0.5) is 0 Å². The first-order valence-electron chi connectivity index (χ1n) is 6.63. The maximum atomic E-state index is 10.4. The molecule has 118 valence electrons. The van der Waals surface area contributed by atoms with Crippen LogP contribution in [0.3, 0.4) is 0 Å². The highest BCUT2D eigenvalue weighted by Gasteiger charge is 2.05. The molecular weight excluding hydrogens is 290 g/mol. The highest BCUT2D eigenvalue weighted by molar-refractivity contribution is 7.85. The van der Waals surface area contributed by atoms with Gasteiger partial charge in [0.1, 0.15) is 0 Å². The lowest BCUT2D eigenvalue weighted by Gasteiger charge is -2.05. The summed E-state index contributed by atoms with van der Waals surface area (Å²) in [6, 6.07) is 10.1. The molecule has 0 aromatic heterocycles. The number of hydrogen-bond acceptors (Lipinski definition) is 5. The molecule has 0 amide bonds. The molecule has 0 bridgehead atoms. The number of nitrogens with zero attached hydrogens (tertiary/aromatic N) is 3. The van der Waals surface area contributed by atoms with Gasteiger partial charge in [0.15, 0.2) is 0 Å². The van der Waals surface area contributed by atoms with Crippen LogP contribution in [0.15, 0.2) is 45.2 Å². The molecule has 21 heavy (non-hydrogen) atoms. The first kappa shape index (κ1) is 19.5. The van der Waals surface area contributed by atoms with Crippen LogP contribution in [-0.4, -0.2) is 57.6 Å². The lowest BCUT2D eigenvalue weighted by Crippen LogP contribution is -2.13. The number of aliphatic imine (C=N–C) groups is 2. The van der Waals surface area contributed by atoms with E-state index in [-0.39, 0.29) is 4.90 Å². The molecule has 0 saturated carbocycles. The third-order valence-electron chi connectivity index (χ3n) is 2.22. The van der Waals surface area contributed by atoms with Crippen LogP contribution in [-0.2, 0) is 10.1 Å². The summed E-state index contributed by atoms with van der Waals surface area (Å²) in [5.41, 5.74) is 0. The Morgan fingerprint density at radius 2 is 1.81 bits per heavy atom. The molecule has 0 aliphatic heterocycles. The van der Waals surface area contributed by atoms with Gasteiger partial charge in [-0.15, -0.1) is 0 Å². The predicted molar refractivity (Wildman–Crippen MR) is 84.7 cm³/mol. The minimum atomic E-state index is -4.00. The van der Waals surface area contributed by atoms with Crippen molar-refractivity contribution in [1.82, 2.24) is 4.90 Å². The van der Waals surface area contributed by atoms with Crippen molar-refractivity contribution in [3.8, 4) is 0 Å². The van der Waals surface area contributed by atoms with Crippen LogP contribution < -0.4 is 0 Å². The second-order valence-corrected chi connectivity index (χ2v) is 5.82. The van der Waals surface area contributed by atoms with E-state index >= 15 is 0 Å². The van der Waals surface area contributed by atoms with Crippen LogP contribution in [0.2, 0.25) is 0 Å². The standard InChI is InChI=1S/C8H17N3.C6H6O3S/c1-4-9-8-10-6-5-7-11(2)3;7-10(8,9)6-4-2-1-3-5-6/h4-7H2,1-3H3;1-5H,(H,7,8,9). The third-order valence-corrected chi connectivity index (χ3v) is 3.08. The molecule has 0 unspecified atom stereocenters. The van der Waals surface area contributed by atoms with Crippen molar-refractivity contribution in [2.45, 2.75) is 18.2 Å². The fraction of sp³-hybridized carbons (Fsp3) is 0.500. The molecule has 0 spiro atoms. The van der Waals surface area contributed by atoms with E-state index in [4.69, 9.17) is 4.55 Å². The molecule has 0 aliphatic rings. The summed E-state index contributed by atoms with van der Waals surface area (Å²) < 4.78 is 29.2. The second kappa shape index (κ2) is 11.2. The van der Waals surface area contributed by atoms with E-state index in [0.717, 1.165) is 26.1 Å². The summed E-state index contributed by atoms with van der Waals surface area (Å²) >= 11 is 0. The van der Waals surface area contributed by atoms with Gasteiger partial charge in [0, 0.05) is 6.54 Å². The zero-order valence-corrected chi connectivity index (χ0v) is 13.5. The van der Waals surface area contributed by atoms with Crippen molar-refractivity contribution in [1.29, 1.82) is 0 Å². The summed E-state index contributed by atoms with van der Waals surface area (Å²) in [6.07, 6.45) is 1.08. The molecule has 0 fully saturated rings. The summed E-state index contributed by atoms with van der Waals surface area (Å²) in [6.45, 7) is 4.67. The lowest BCUT2D eigenvalue weighted by molar-refractivity contribution is 0.403. The summed E-state index contributed by atoms with van der Waals surface area (Å²) in [5, 5.41) is 0. The van der Waals surface area contributed by atoms with Crippen LogP contribution in [0.5, 0.6) is 0 Å². The molecule has 1 aromatic rings. The maximum absolute atomic E-state index is 10.4. The van der Waals surface area contributed by atoms with Crippen molar-refractivity contribution in [2.75, 3.05) is 33.7 Å². The molecule has 0 atom stereocenters. The van der Waals surface area contributed by atoms with Gasteiger partial charge in [0.25, 0.3) is 10.1 Å². The number of hydrogen-bond donors (Lipinski definition) is 1. The highest BCUT2D eigenvalue weighted by atomic mass is 32.2. The first-order chi connectivity index (χ1) is 9.88. The van der Waals surface area contributed by atoms with Gasteiger partial charge in [-0.25, -0.2) is 9.98 Å². The Kier molecular flexibility index (Phi) is 10.4. The Morgan fingerprint density at radius 3 is 2.24 bits per heavy atom. The minimum Gasteiger partial charge on any atom is -0.309 e. The largest absolute Gasteiger partial charge is 0.309 e. The van der Waals surface area contributed by atoms with Gasteiger partial charge >= 0.3 is 0 Å². The monoisotopic (exact) mass is 313 g/mol. The molecule has 1 rings (SSSR count). The average molecular weight is 313 g/mol. The second-order valence-electron chi connectivity index (χ2n) is 4.40. The molecule has 1 N–H and O–H groups in total. The van der Waals surface area contributed by atoms with Gasteiger partial charge in [-0.1, -0.05) is 18.2 Å². The fourth-order valence-electron chi connectivity index (χ4n) is 1.23. The van der Waals surface area contributed by atoms with Crippen LogP contribution in [0.1, 0.15) is 13.3 Å². The van der Waals surface area contributed by atoms with Crippen LogP contribution >= 0.6 is 0 Å². The van der Waals surface area contributed by atoms with E-state index in [0.29, 0.717) is 0 Å².